The summed E-state index contributed by atoms with van der Waals surface area (Å²) in [5, 5.41) is 17.4. The van der Waals surface area contributed by atoms with Crippen LogP contribution in [0.15, 0.2) is 47.1 Å². The number of anilines is 1. The number of aliphatic carboxylic acids is 1. The van der Waals surface area contributed by atoms with Gasteiger partial charge in [0.2, 0.25) is 0 Å². The van der Waals surface area contributed by atoms with Crippen LogP contribution in [0.1, 0.15) is 68.0 Å². The van der Waals surface area contributed by atoms with Gasteiger partial charge in [0, 0.05) is 11.3 Å². The maximum atomic E-state index is 12.2. The molecule has 5 rings (SSSR count). The van der Waals surface area contributed by atoms with Crippen molar-refractivity contribution < 1.29 is 33.6 Å². The second kappa shape index (κ2) is 15.6. The molecule has 0 saturated carbocycles. The molecule has 1 aromatic heterocycles. The molecule has 2 heterocycles. The standard InChI is InChI=1S/C23H29NO4.C7H6N2O.C2H4O.CH2O/c1-13-11-17(24)14(2)20(21(22(25)26)28-23(3,4)5)19(13)16-8-9-18-15(12-16)7-6-10-27-18;1-5-3-2-4-6-7(5)9-10-8-6;1-2-3;1-2/h8-9,11-12,21H,6-7,10,24H2,1-5H3,(H,25,26);2-4H,1H3;2H,1H3;1H2. The number of carboxylic acid groups (broad SMARTS) is 1. The monoisotopic (exact) mass is 591 g/mol. The first-order valence-corrected chi connectivity index (χ1v) is 13.8. The Balaban J connectivity index is 0.000000353. The van der Waals surface area contributed by atoms with E-state index in [4.69, 9.17) is 24.8 Å². The molecule has 4 aromatic rings. The lowest BCUT2D eigenvalue weighted by atomic mass is 9.86. The highest BCUT2D eigenvalue weighted by molar-refractivity contribution is 5.85. The van der Waals surface area contributed by atoms with Gasteiger partial charge in [-0.25, -0.2) is 9.42 Å². The number of nitrogens with two attached hydrogens (primary N) is 1. The zero-order chi connectivity index (χ0) is 32.3. The molecule has 3 aromatic carbocycles. The summed E-state index contributed by atoms with van der Waals surface area (Å²) in [6.07, 6.45) is 1.57. The van der Waals surface area contributed by atoms with Gasteiger partial charge >= 0.3 is 5.97 Å². The first kappa shape index (κ1) is 34.6. The van der Waals surface area contributed by atoms with Crippen molar-refractivity contribution in [1.82, 2.24) is 10.3 Å². The molecule has 0 radical (unpaired) electrons. The van der Waals surface area contributed by atoms with E-state index in [2.05, 4.69) is 21.0 Å². The van der Waals surface area contributed by atoms with Gasteiger partial charge in [-0.2, -0.15) is 0 Å². The molecule has 0 spiro atoms. The molecule has 43 heavy (non-hydrogen) atoms. The lowest BCUT2D eigenvalue weighted by Gasteiger charge is -2.29. The minimum absolute atomic E-state index is 0.571. The number of nitrogen functional groups attached to an aromatic ring is 1. The van der Waals surface area contributed by atoms with Gasteiger partial charge in [0.1, 0.15) is 29.9 Å². The summed E-state index contributed by atoms with van der Waals surface area (Å²) in [5.41, 5.74) is 14.2. The van der Waals surface area contributed by atoms with Crippen molar-refractivity contribution in [2.45, 2.75) is 73.0 Å². The molecule has 1 aliphatic heterocycles. The quantitative estimate of drug-likeness (QED) is 0.202. The Bertz CT molecular complexity index is 1540. The summed E-state index contributed by atoms with van der Waals surface area (Å²) in [5.74, 6) is -0.118. The summed E-state index contributed by atoms with van der Waals surface area (Å²) >= 11 is 0. The molecule has 10 nitrogen and oxygen atoms in total. The number of fused-ring (bicyclic) bond motifs is 2. The molecule has 0 bridgehead atoms. The number of benzene rings is 3. The molecule has 230 valence electrons. The Morgan fingerprint density at radius 2 is 1.77 bits per heavy atom. The lowest BCUT2D eigenvalue weighted by Crippen LogP contribution is -2.28. The van der Waals surface area contributed by atoms with Crippen molar-refractivity contribution >= 4 is 35.8 Å². The Hall–Kier alpha value is -4.57. The van der Waals surface area contributed by atoms with Crippen molar-refractivity contribution in [2.75, 3.05) is 12.3 Å². The fraction of sp³-hybridized carbons (Fsp3) is 0.364. The molecular formula is C33H41N3O7. The van der Waals surface area contributed by atoms with Gasteiger partial charge in [-0.05, 0) is 129 Å². The largest absolute Gasteiger partial charge is 0.493 e. The summed E-state index contributed by atoms with van der Waals surface area (Å²) in [7, 11) is 0. The van der Waals surface area contributed by atoms with Crippen molar-refractivity contribution in [2.24, 2.45) is 0 Å². The van der Waals surface area contributed by atoms with Crippen LogP contribution in [0, 0.1) is 20.8 Å². The van der Waals surface area contributed by atoms with Crippen LogP contribution in [0.25, 0.3) is 22.2 Å². The molecule has 1 atom stereocenters. The molecule has 10 heteroatoms. The Morgan fingerprint density at radius 1 is 1.09 bits per heavy atom. The van der Waals surface area contributed by atoms with E-state index in [-0.39, 0.29) is 0 Å². The topological polar surface area (TPSA) is 155 Å². The molecular weight excluding hydrogens is 550 g/mol. The molecule has 1 aliphatic rings. The van der Waals surface area contributed by atoms with Crippen LogP contribution < -0.4 is 10.5 Å². The fourth-order valence-corrected chi connectivity index (χ4v) is 4.72. The average molecular weight is 592 g/mol. The summed E-state index contributed by atoms with van der Waals surface area (Å²) < 4.78 is 16.2. The zero-order valence-corrected chi connectivity index (χ0v) is 25.9. The third kappa shape index (κ3) is 8.96. The van der Waals surface area contributed by atoms with Gasteiger partial charge in [0.25, 0.3) is 0 Å². The molecule has 3 N–H and O–H groups in total. The number of hydrogen-bond donors (Lipinski definition) is 2. The minimum atomic E-state index is -1.11. The Labute approximate surface area is 252 Å². The van der Waals surface area contributed by atoms with Gasteiger partial charge in [-0.1, -0.05) is 18.2 Å². The minimum Gasteiger partial charge on any atom is -0.493 e. The number of nitrogens with zero attached hydrogens (tertiary/aromatic N) is 2. The van der Waals surface area contributed by atoms with Gasteiger partial charge in [0.15, 0.2) is 6.10 Å². The van der Waals surface area contributed by atoms with Gasteiger partial charge in [0.05, 0.1) is 12.2 Å². The molecule has 0 amide bonds. The van der Waals surface area contributed by atoms with Crippen LogP contribution in [0.3, 0.4) is 0 Å². The van der Waals surface area contributed by atoms with Crippen LogP contribution in [-0.2, 0) is 25.5 Å². The lowest BCUT2D eigenvalue weighted by molar-refractivity contribution is -0.160. The first-order chi connectivity index (χ1) is 20.4. The van der Waals surface area contributed by atoms with Gasteiger partial charge < -0.3 is 29.9 Å². The van der Waals surface area contributed by atoms with Crippen molar-refractivity contribution in [3.63, 3.8) is 0 Å². The number of aldehydes is 1. The summed E-state index contributed by atoms with van der Waals surface area (Å²) in [4.78, 5) is 29.0. The third-order valence-electron chi connectivity index (χ3n) is 6.52. The van der Waals surface area contributed by atoms with E-state index >= 15 is 0 Å². The van der Waals surface area contributed by atoms with Crippen LogP contribution in [-0.4, -0.2) is 46.7 Å². The number of hydrogen-bond acceptors (Lipinski definition) is 9. The van der Waals surface area contributed by atoms with E-state index in [0.717, 1.165) is 75.9 Å². The van der Waals surface area contributed by atoms with Crippen LogP contribution >= 0.6 is 0 Å². The SMILES string of the molecule is C=O.CC=O.Cc1cc(N)c(C)c(C(OC(C)(C)C)C(=O)O)c1-c1ccc2c(c1)CCCO2.Cc1cccc2nonc12. The summed E-state index contributed by atoms with van der Waals surface area (Å²) in [6.45, 7) is 15.5. The van der Waals surface area contributed by atoms with Crippen LogP contribution in [0.2, 0.25) is 0 Å². The number of aryl methyl sites for hydroxylation is 3. The fourth-order valence-electron chi connectivity index (χ4n) is 4.72. The number of ether oxygens (including phenoxy) is 2. The Morgan fingerprint density at radius 3 is 2.37 bits per heavy atom. The molecule has 1 unspecified atom stereocenters. The van der Waals surface area contributed by atoms with Crippen molar-refractivity contribution in [3.05, 3.63) is 70.3 Å². The maximum Gasteiger partial charge on any atom is 0.337 e. The number of aromatic nitrogens is 2. The highest BCUT2D eigenvalue weighted by Gasteiger charge is 2.32. The number of carbonyl (C=O) groups is 3. The van der Waals surface area contributed by atoms with E-state index in [1.165, 1.54) is 6.92 Å². The Kier molecular flexibility index (Phi) is 12.6. The van der Waals surface area contributed by atoms with E-state index in [0.29, 0.717) is 11.3 Å². The third-order valence-corrected chi connectivity index (χ3v) is 6.52. The van der Waals surface area contributed by atoms with Crippen molar-refractivity contribution in [1.29, 1.82) is 0 Å². The second-order valence-corrected chi connectivity index (χ2v) is 10.9. The molecule has 0 aliphatic carbocycles. The number of carbonyl (C=O) groups excluding carboxylic acids is 2. The number of carboxylic acids is 1. The molecule has 0 saturated heterocycles. The van der Waals surface area contributed by atoms with E-state index < -0.39 is 17.7 Å². The van der Waals surface area contributed by atoms with Gasteiger partial charge in [-0.15, -0.1) is 0 Å². The number of rotatable bonds is 4. The van der Waals surface area contributed by atoms with E-state index in [1.54, 1.807) is 0 Å². The maximum absolute atomic E-state index is 12.2. The predicted octanol–water partition coefficient (Wildman–Crippen LogP) is 6.37. The van der Waals surface area contributed by atoms with Crippen LogP contribution in [0.4, 0.5) is 5.69 Å². The summed E-state index contributed by atoms with van der Waals surface area (Å²) in [6, 6.07) is 13.8. The average Bonchev–Trinajstić information content (AvgIpc) is 3.45. The first-order valence-electron chi connectivity index (χ1n) is 13.8. The predicted molar refractivity (Wildman–Crippen MR) is 166 cm³/mol. The highest BCUT2D eigenvalue weighted by atomic mass is 16.6. The van der Waals surface area contributed by atoms with E-state index in [1.807, 2.05) is 84.7 Å². The normalized spacial score (nSPS) is 12.5. The molecule has 0 fully saturated rings. The highest BCUT2D eigenvalue weighted by Crippen LogP contribution is 2.41. The zero-order valence-electron chi connectivity index (χ0n) is 25.9. The van der Waals surface area contributed by atoms with Gasteiger partial charge in [-0.3, -0.25) is 0 Å². The van der Waals surface area contributed by atoms with E-state index in [9.17, 15) is 9.90 Å². The smallest absolute Gasteiger partial charge is 0.337 e. The van der Waals surface area contributed by atoms with Crippen LogP contribution in [0.5, 0.6) is 5.75 Å². The second-order valence-electron chi connectivity index (χ2n) is 10.9. The van der Waals surface area contributed by atoms with Crippen molar-refractivity contribution in [3.8, 4) is 16.9 Å².